The molecule has 2 amide bonds. The van der Waals surface area contributed by atoms with Gasteiger partial charge in [0.05, 0.1) is 12.6 Å². The van der Waals surface area contributed by atoms with E-state index in [9.17, 15) is 4.79 Å². The largest absolute Gasteiger partial charge is 0.464 e. The molecule has 2 aromatic rings. The second-order valence-electron chi connectivity index (χ2n) is 4.38. The Bertz CT molecular complexity index is 562. The molecule has 0 bridgehead atoms. The Kier molecular flexibility index (Phi) is 4.21. The average Bonchev–Trinajstić information content (AvgIpc) is 2.95. The van der Waals surface area contributed by atoms with Gasteiger partial charge in [-0.15, -0.1) is 11.3 Å². The Balaban J connectivity index is 1.81. The van der Waals surface area contributed by atoms with Gasteiger partial charge in [-0.2, -0.15) is 0 Å². The van der Waals surface area contributed by atoms with Gasteiger partial charge in [0.15, 0.2) is 0 Å². The molecule has 2 heterocycles. The molecule has 2 N–H and O–H groups in total. The molecule has 0 aromatic carbocycles. The molecule has 2 rings (SSSR count). The van der Waals surface area contributed by atoms with Gasteiger partial charge in [-0.3, -0.25) is 0 Å². The standard InChI is InChI=1S/C13H17N3O2S/c1-8-7-19-12(15-8)6-14-13(17)16-10(3)11-5-4-9(2)18-11/h4-5,7,10H,6H2,1-3H3,(H2,14,16,17)/t10-/m0/s1. The molecule has 5 nitrogen and oxygen atoms in total. The van der Waals surface area contributed by atoms with Gasteiger partial charge in [0, 0.05) is 11.1 Å². The Morgan fingerprint density at radius 2 is 2.26 bits per heavy atom. The van der Waals surface area contributed by atoms with Crippen LogP contribution in [0.25, 0.3) is 0 Å². The number of nitrogens with zero attached hydrogens (tertiary/aromatic N) is 1. The summed E-state index contributed by atoms with van der Waals surface area (Å²) in [5.74, 6) is 1.58. The maximum atomic E-state index is 11.7. The van der Waals surface area contributed by atoms with Crippen LogP contribution in [0, 0.1) is 13.8 Å². The van der Waals surface area contributed by atoms with Crippen molar-refractivity contribution in [2.75, 3.05) is 0 Å². The van der Waals surface area contributed by atoms with E-state index in [0.717, 1.165) is 22.2 Å². The second-order valence-corrected chi connectivity index (χ2v) is 5.32. The zero-order valence-corrected chi connectivity index (χ0v) is 12.0. The van der Waals surface area contributed by atoms with Crippen LogP contribution in [0.4, 0.5) is 4.79 Å². The third-order valence-electron chi connectivity index (χ3n) is 2.60. The second kappa shape index (κ2) is 5.88. The molecule has 0 unspecified atom stereocenters. The summed E-state index contributed by atoms with van der Waals surface area (Å²) in [7, 11) is 0. The topological polar surface area (TPSA) is 67.2 Å². The van der Waals surface area contributed by atoms with E-state index in [1.165, 1.54) is 11.3 Å². The first kappa shape index (κ1) is 13.6. The van der Waals surface area contributed by atoms with Gasteiger partial charge >= 0.3 is 6.03 Å². The monoisotopic (exact) mass is 279 g/mol. The number of furan rings is 1. The molecule has 2 aromatic heterocycles. The first-order valence-corrected chi connectivity index (χ1v) is 6.94. The molecule has 0 aliphatic rings. The van der Waals surface area contributed by atoms with Gasteiger partial charge in [-0.1, -0.05) is 0 Å². The zero-order valence-electron chi connectivity index (χ0n) is 11.2. The molecule has 6 heteroatoms. The maximum absolute atomic E-state index is 11.7. The van der Waals surface area contributed by atoms with E-state index in [4.69, 9.17) is 4.42 Å². The fourth-order valence-corrected chi connectivity index (χ4v) is 2.36. The maximum Gasteiger partial charge on any atom is 0.315 e. The number of rotatable bonds is 4. The smallest absolute Gasteiger partial charge is 0.315 e. The van der Waals surface area contributed by atoms with Gasteiger partial charge < -0.3 is 15.1 Å². The SMILES string of the molecule is Cc1csc(CNC(=O)N[C@@H](C)c2ccc(C)o2)n1. The summed E-state index contributed by atoms with van der Waals surface area (Å²) in [5, 5.41) is 8.45. The summed E-state index contributed by atoms with van der Waals surface area (Å²) in [4.78, 5) is 16.0. The van der Waals surface area contributed by atoms with E-state index in [0.29, 0.717) is 6.54 Å². The summed E-state index contributed by atoms with van der Waals surface area (Å²) < 4.78 is 5.46. The van der Waals surface area contributed by atoms with Crippen molar-refractivity contribution in [1.82, 2.24) is 15.6 Å². The quantitative estimate of drug-likeness (QED) is 0.904. The predicted octanol–water partition coefficient (Wildman–Crippen LogP) is 2.91. The van der Waals surface area contributed by atoms with Crippen LogP contribution in [0.15, 0.2) is 21.9 Å². The summed E-state index contributed by atoms with van der Waals surface area (Å²) >= 11 is 1.54. The van der Waals surface area contributed by atoms with Gasteiger partial charge in [-0.05, 0) is 32.9 Å². The number of hydrogen-bond donors (Lipinski definition) is 2. The Hall–Kier alpha value is -1.82. The first-order valence-electron chi connectivity index (χ1n) is 6.06. The molecule has 0 radical (unpaired) electrons. The van der Waals surface area contributed by atoms with Crippen LogP contribution in [-0.4, -0.2) is 11.0 Å². The number of urea groups is 1. The summed E-state index contributed by atoms with van der Waals surface area (Å²) in [5.41, 5.74) is 0.974. The fraction of sp³-hybridized carbons (Fsp3) is 0.385. The lowest BCUT2D eigenvalue weighted by Gasteiger charge is -2.11. The summed E-state index contributed by atoms with van der Waals surface area (Å²) in [6.07, 6.45) is 0. The van der Waals surface area contributed by atoms with E-state index >= 15 is 0 Å². The first-order chi connectivity index (χ1) is 9.04. The highest BCUT2D eigenvalue weighted by molar-refractivity contribution is 7.09. The zero-order chi connectivity index (χ0) is 13.8. The van der Waals surface area contributed by atoms with E-state index < -0.39 is 0 Å². The highest BCUT2D eigenvalue weighted by atomic mass is 32.1. The van der Waals surface area contributed by atoms with Crippen molar-refractivity contribution in [2.45, 2.75) is 33.4 Å². The minimum absolute atomic E-state index is 0.160. The molecule has 0 spiro atoms. The van der Waals surface area contributed by atoms with Crippen molar-refractivity contribution < 1.29 is 9.21 Å². The molecule has 0 fully saturated rings. The number of amides is 2. The van der Waals surface area contributed by atoms with Crippen LogP contribution in [0.2, 0.25) is 0 Å². The predicted molar refractivity (Wildman–Crippen MR) is 74.1 cm³/mol. The normalized spacial score (nSPS) is 12.2. The highest BCUT2D eigenvalue weighted by Crippen LogP contribution is 2.15. The fourth-order valence-electron chi connectivity index (χ4n) is 1.64. The Labute approximate surface area is 116 Å². The van der Waals surface area contributed by atoms with Crippen molar-refractivity contribution >= 4 is 17.4 Å². The number of aromatic nitrogens is 1. The highest BCUT2D eigenvalue weighted by Gasteiger charge is 2.12. The lowest BCUT2D eigenvalue weighted by Crippen LogP contribution is -2.36. The van der Waals surface area contributed by atoms with Crippen LogP contribution in [0.1, 0.15) is 35.2 Å². The summed E-state index contributed by atoms with van der Waals surface area (Å²) in [6.45, 7) is 6.13. The van der Waals surface area contributed by atoms with Gasteiger partial charge in [-0.25, -0.2) is 9.78 Å². The van der Waals surface area contributed by atoms with Gasteiger partial charge in [0.1, 0.15) is 16.5 Å². The number of aryl methyl sites for hydroxylation is 2. The molecule has 102 valence electrons. The minimum Gasteiger partial charge on any atom is -0.464 e. The van der Waals surface area contributed by atoms with Crippen LogP contribution in [-0.2, 0) is 6.54 Å². The number of carbonyl (C=O) groups is 1. The minimum atomic E-state index is -0.227. The number of hydrogen-bond acceptors (Lipinski definition) is 4. The third kappa shape index (κ3) is 3.82. The number of carbonyl (C=O) groups excluding carboxylic acids is 1. The molecule has 19 heavy (non-hydrogen) atoms. The molecule has 0 aliphatic carbocycles. The van der Waals surface area contributed by atoms with Crippen LogP contribution in [0.5, 0.6) is 0 Å². The van der Waals surface area contributed by atoms with E-state index in [1.54, 1.807) is 0 Å². The van der Waals surface area contributed by atoms with Crippen LogP contribution < -0.4 is 10.6 Å². The van der Waals surface area contributed by atoms with Crippen molar-refractivity contribution in [3.8, 4) is 0 Å². The molecular formula is C13H17N3O2S. The molecule has 1 atom stereocenters. The van der Waals surface area contributed by atoms with Crippen LogP contribution in [0.3, 0.4) is 0 Å². The molecular weight excluding hydrogens is 262 g/mol. The summed E-state index contributed by atoms with van der Waals surface area (Å²) in [6, 6.07) is 3.36. The number of thiazole rings is 1. The number of nitrogens with one attached hydrogen (secondary N) is 2. The van der Waals surface area contributed by atoms with Gasteiger partial charge in [0.2, 0.25) is 0 Å². The Morgan fingerprint density at radius 3 is 2.84 bits per heavy atom. The van der Waals surface area contributed by atoms with E-state index in [2.05, 4.69) is 15.6 Å². The van der Waals surface area contributed by atoms with Crippen molar-refractivity contribution in [1.29, 1.82) is 0 Å². The van der Waals surface area contributed by atoms with E-state index in [-0.39, 0.29) is 12.1 Å². The molecule has 0 aliphatic heterocycles. The lowest BCUT2D eigenvalue weighted by molar-refractivity contribution is 0.235. The van der Waals surface area contributed by atoms with Gasteiger partial charge in [0.25, 0.3) is 0 Å². The van der Waals surface area contributed by atoms with Crippen molar-refractivity contribution in [3.05, 3.63) is 39.7 Å². The van der Waals surface area contributed by atoms with Crippen molar-refractivity contribution in [3.63, 3.8) is 0 Å². The lowest BCUT2D eigenvalue weighted by atomic mass is 10.2. The average molecular weight is 279 g/mol. The van der Waals surface area contributed by atoms with Crippen LogP contribution >= 0.6 is 11.3 Å². The third-order valence-corrected chi connectivity index (χ3v) is 3.57. The van der Waals surface area contributed by atoms with E-state index in [1.807, 2.05) is 38.3 Å². The Morgan fingerprint density at radius 1 is 1.47 bits per heavy atom. The van der Waals surface area contributed by atoms with Crippen molar-refractivity contribution in [2.24, 2.45) is 0 Å². The molecule has 0 saturated carbocycles. The molecule has 0 saturated heterocycles.